The highest BCUT2D eigenvalue weighted by Gasteiger charge is 2.32. The molecule has 0 spiro atoms. The van der Waals surface area contributed by atoms with Crippen LogP contribution < -0.4 is 10.6 Å². The van der Waals surface area contributed by atoms with E-state index >= 15 is 0 Å². The van der Waals surface area contributed by atoms with Crippen LogP contribution in [0.15, 0.2) is 34.9 Å². The quantitative estimate of drug-likeness (QED) is 0.942. The maximum atomic E-state index is 11.9. The van der Waals surface area contributed by atoms with Crippen LogP contribution in [0.4, 0.5) is 5.88 Å². The third kappa shape index (κ3) is 2.30. The first-order valence-corrected chi connectivity index (χ1v) is 6.79. The third-order valence-electron chi connectivity index (χ3n) is 3.45. The molecule has 0 bridgehead atoms. The van der Waals surface area contributed by atoms with Crippen LogP contribution in [0.5, 0.6) is 0 Å². The van der Waals surface area contributed by atoms with E-state index < -0.39 is 0 Å². The number of amides is 1. The number of hydrogen-bond acceptors (Lipinski definition) is 4. The van der Waals surface area contributed by atoms with Crippen molar-refractivity contribution >= 4 is 23.4 Å². The lowest BCUT2D eigenvalue weighted by atomic mass is 10.1. The molecular weight excluding hydrogens is 278 g/mol. The van der Waals surface area contributed by atoms with Crippen molar-refractivity contribution in [3.63, 3.8) is 0 Å². The molecule has 1 aliphatic heterocycles. The molecule has 20 heavy (non-hydrogen) atoms. The van der Waals surface area contributed by atoms with Crippen molar-refractivity contribution in [2.75, 3.05) is 18.0 Å². The average molecular weight is 292 g/mol. The van der Waals surface area contributed by atoms with Gasteiger partial charge in [0.1, 0.15) is 5.69 Å². The van der Waals surface area contributed by atoms with Gasteiger partial charge in [-0.3, -0.25) is 9.69 Å². The summed E-state index contributed by atoms with van der Waals surface area (Å²) in [6, 6.07) is 9.11. The molecule has 2 aromatic rings. The fourth-order valence-electron chi connectivity index (χ4n) is 2.34. The van der Waals surface area contributed by atoms with Crippen molar-refractivity contribution in [3.05, 3.63) is 35.4 Å². The summed E-state index contributed by atoms with van der Waals surface area (Å²) in [7, 11) is 0. The van der Waals surface area contributed by atoms with Crippen molar-refractivity contribution in [1.82, 2.24) is 5.16 Å². The number of benzene rings is 1. The average Bonchev–Trinajstić information content (AvgIpc) is 3.05. The number of hydrogen-bond donors (Lipinski definition) is 1. The van der Waals surface area contributed by atoms with Gasteiger partial charge in [-0.05, 0) is 18.5 Å². The summed E-state index contributed by atoms with van der Waals surface area (Å²) in [6.07, 6.45) is 0.457. The van der Waals surface area contributed by atoms with Crippen molar-refractivity contribution in [1.29, 1.82) is 0 Å². The van der Waals surface area contributed by atoms with Gasteiger partial charge in [-0.1, -0.05) is 35.0 Å². The van der Waals surface area contributed by atoms with Crippen molar-refractivity contribution in [2.45, 2.75) is 6.42 Å². The van der Waals surface area contributed by atoms with E-state index in [0.29, 0.717) is 36.1 Å². The molecular formula is C14H14ClN3O2. The maximum absolute atomic E-state index is 11.9. The zero-order chi connectivity index (χ0) is 14.1. The second-order valence-electron chi connectivity index (χ2n) is 4.84. The lowest BCUT2D eigenvalue weighted by Crippen LogP contribution is -2.25. The number of carbonyl (C=O) groups excluding carboxylic acids is 1. The monoisotopic (exact) mass is 291 g/mol. The fourth-order valence-corrected chi connectivity index (χ4v) is 2.57. The molecule has 1 fully saturated rings. The van der Waals surface area contributed by atoms with E-state index in [-0.39, 0.29) is 11.8 Å². The summed E-state index contributed by atoms with van der Waals surface area (Å²) in [6.45, 7) is 1.07. The first-order chi connectivity index (χ1) is 9.69. The first-order valence-electron chi connectivity index (χ1n) is 6.41. The number of nitrogens with zero attached hydrogens (tertiary/aromatic N) is 2. The van der Waals surface area contributed by atoms with E-state index in [2.05, 4.69) is 5.16 Å². The van der Waals surface area contributed by atoms with E-state index in [4.69, 9.17) is 21.9 Å². The van der Waals surface area contributed by atoms with Crippen molar-refractivity contribution in [3.8, 4) is 11.3 Å². The zero-order valence-electron chi connectivity index (χ0n) is 10.8. The fraction of sp³-hybridized carbons (Fsp3) is 0.286. The molecule has 0 aliphatic carbocycles. The largest absolute Gasteiger partial charge is 0.338 e. The van der Waals surface area contributed by atoms with Crippen LogP contribution in [-0.2, 0) is 4.79 Å². The Labute approximate surface area is 121 Å². The lowest BCUT2D eigenvalue weighted by Gasteiger charge is -2.10. The van der Waals surface area contributed by atoms with E-state index in [1.165, 1.54) is 0 Å². The molecule has 104 valence electrons. The first kappa shape index (κ1) is 13.1. The van der Waals surface area contributed by atoms with E-state index in [9.17, 15) is 4.79 Å². The van der Waals surface area contributed by atoms with Crippen LogP contribution in [0.25, 0.3) is 11.3 Å². The van der Waals surface area contributed by atoms with Gasteiger partial charge in [0, 0.05) is 24.6 Å². The molecule has 3 rings (SSSR count). The smallest absolute Gasteiger partial charge is 0.234 e. The summed E-state index contributed by atoms with van der Waals surface area (Å²) in [4.78, 5) is 13.5. The Kier molecular flexibility index (Phi) is 3.46. The molecule has 1 aromatic carbocycles. The highest BCUT2D eigenvalue weighted by molar-refractivity contribution is 6.33. The molecule has 1 saturated heterocycles. The predicted octanol–water partition coefficient (Wildman–Crippen LogP) is 2.31. The second kappa shape index (κ2) is 5.26. The van der Waals surface area contributed by atoms with Gasteiger partial charge in [0.25, 0.3) is 0 Å². The highest BCUT2D eigenvalue weighted by atomic mass is 35.5. The van der Waals surface area contributed by atoms with E-state index in [1.807, 2.05) is 18.2 Å². The molecule has 1 aliphatic rings. The van der Waals surface area contributed by atoms with Crippen molar-refractivity contribution in [2.24, 2.45) is 11.7 Å². The third-order valence-corrected chi connectivity index (χ3v) is 3.78. The maximum Gasteiger partial charge on any atom is 0.234 e. The standard InChI is InChI=1S/C14H14ClN3O2/c15-11-4-2-1-3-10(11)12-6-14(20-17-12)18-8-9(7-16)5-13(18)19/h1-4,6,9H,5,7-8,16H2. The van der Waals surface area contributed by atoms with Gasteiger partial charge in [0.2, 0.25) is 11.8 Å². The van der Waals surface area contributed by atoms with Gasteiger partial charge in [-0.2, -0.15) is 0 Å². The minimum Gasteiger partial charge on any atom is -0.338 e. The van der Waals surface area contributed by atoms with E-state index in [1.54, 1.807) is 17.0 Å². The van der Waals surface area contributed by atoms with Crippen LogP contribution in [0.1, 0.15) is 6.42 Å². The SMILES string of the molecule is NCC1CC(=O)N(c2cc(-c3ccccc3Cl)no2)C1. The number of nitrogens with two attached hydrogens (primary N) is 1. The number of rotatable bonds is 3. The van der Waals surface area contributed by atoms with Gasteiger partial charge in [-0.25, -0.2) is 0 Å². The van der Waals surface area contributed by atoms with Gasteiger partial charge in [-0.15, -0.1) is 0 Å². The lowest BCUT2D eigenvalue weighted by molar-refractivity contribution is -0.117. The summed E-state index contributed by atoms with van der Waals surface area (Å²) >= 11 is 6.12. The number of aromatic nitrogens is 1. The molecule has 1 aromatic heterocycles. The minimum absolute atomic E-state index is 0.0160. The second-order valence-corrected chi connectivity index (χ2v) is 5.25. The molecule has 1 amide bonds. The molecule has 5 nitrogen and oxygen atoms in total. The van der Waals surface area contributed by atoms with Crippen LogP contribution in [0, 0.1) is 5.92 Å². The van der Waals surface area contributed by atoms with Crippen molar-refractivity contribution < 1.29 is 9.32 Å². The van der Waals surface area contributed by atoms with Gasteiger partial charge in [0.15, 0.2) is 0 Å². The number of anilines is 1. The molecule has 2 heterocycles. The highest BCUT2D eigenvalue weighted by Crippen LogP contribution is 2.31. The Morgan fingerprint density at radius 1 is 1.45 bits per heavy atom. The topological polar surface area (TPSA) is 72.4 Å². The Hall–Kier alpha value is -1.85. The summed E-state index contributed by atoms with van der Waals surface area (Å²) in [5.74, 6) is 0.638. The van der Waals surface area contributed by atoms with Crippen LogP contribution in [-0.4, -0.2) is 24.2 Å². The van der Waals surface area contributed by atoms with Crippen LogP contribution >= 0.6 is 11.6 Å². The Morgan fingerprint density at radius 2 is 2.25 bits per heavy atom. The Bertz CT molecular complexity index is 641. The molecule has 1 atom stereocenters. The number of halogens is 1. The summed E-state index contributed by atoms with van der Waals surface area (Å²) in [5, 5.41) is 4.59. The molecule has 6 heteroatoms. The normalized spacial score (nSPS) is 18.8. The molecule has 1 unspecified atom stereocenters. The molecule has 0 radical (unpaired) electrons. The van der Waals surface area contributed by atoms with Gasteiger partial charge in [0.05, 0.1) is 5.02 Å². The Morgan fingerprint density at radius 3 is 2.95 bits per heavy atom. The minimum atomic E-state index is 0.0160. The molecule has 2 N–H and O–H groups in total. The summed E-state index contributed by atoms with van der Waals surface area (Å²) < 4.78 is 5.28. The summed E-state index contributed by atoms with van der Waals surface area (Å²) in [5.41, 5.74) is 7.01. The van der Waals surface area contributed by atoms with Crippen LogP contribution in [0.3, 0.4) is 0 Å². The van der Waals surface area contributed by atoms with Gasteiger partial charge < -0.3 is 10.3 Å². The van der Waals surface area contributed by atoms with E-state index in [0.717, 1.165) is 5.56 Å². The molecule has 0 saturated carbocycles. The van der Waals surface area contributed by atoms with Gasteiger partial charge >= 0.3 is 0 Å². The zero-order valence-corrected chi connectivity index (χ0v) is 11.5. The predicted molar refractivity (Wildman–Crippen MR) is 76.5 cm³/mol. The van der Waals surface area contributed by atoms with Crippen LogP contribution in [0.2, 0.25) is 5.02 Å². The Balaban J connectivity index is 1.88. The number of carbonyl (C=O) groups is 1.